The highest BCUT2D eigenvalue weighted by Crippen LogP contribution is 2.29. The largest absolute Gasteiger partial charge is 0.493 e. The molecule has 2 aromatic rings. The normalized spacial score (nSPS) is 10.5. The molecule has 0 aromatic heterocycles. The fraction of sp³-hybridized carbons (Fsp3) is 0.333. The molecule has 2 rings (SSSR count). The Labute approximate surface area is 159 Å². The summed E-state index contributed by atoms with van der Waals surface area (Å²) >= 11 is 0. The average Bonchev–Trinajstić information content (AvgIpc) is 2.65. The van der Waals surface area contributed by atoms with Gasteiger partial charge in [-0.05, 0) is 37.6 Å². The Kier molecular flexibility index (Phi) is 7.23. The summed E-state index contributed by atoms with van der Waals surface area (Å²) in [6.45, 7) is 4.48. The predicted octanol–water partition coefficient (Wildman–Crippen LogP) is 3.00. The number of amides is 2. The maximum absolute atomic E-state index is 13.0. The Morgan fingerprint density at radius 2 is 1.78 bits per heavy atom. The quantitative estimate of drug-likeness (QED) is 0.736. The zero-order valence-electron chi connectivity index (χ0n) is 16.0. The molecule has 0 aliphatic rings. The van der Waals surface area contributed by atoms with Crippen molar-refractivity contribution in [3.8, 4) is 11.5 Å². The van der Waals surface area contributed by atoms with Gasteiger partial charge in [0.2, 0.25) is 5.91 Å². The number of carbonyl (C=O) groups excluding carboxylic acids is 2. The van der Waals surface area contributed by atoms with E-state index < -0.39 is 5.91 Å². The number of nitrogens with two attached hydrogens (primary N) is 1. The molecule has 0 aliphatic heterocycles. The predicted molar refractivity (Wildman–Crippen MR) is 104 cm³/mol. The van der Waals surface area contributed by atoms with E-state index in [1.54, 1.807) is 23.1 Å². The van der Waals surface area contributed by atoms with E-state index in [0.29, 0.717) is 23.6 Å². The lowest BCUT2D eigenvalue weighted by molar-refractivity contribution is -0.118. The number of primary amides is 1. The van der Waals surface area contributed by atoms with Gasteiger partial charge in [0.1, 0.15) is 0 Å². The van der Waals surface area contributed by atoms with Crippen LogP contribution in [0.2, 0.25) is 0 Å². The number of methoxy groups -OCH3 is 1. The number of hydrogen-bond donors (Lipinski definition) is 1. The Balaban J connectivity index is 2.26. The number of nitrogens with zero attached hydrogens (tertiary/aromatic N) is 1. The summed E-state index contributed by atoms with van der Waals surface area (Å²) in [4.78, 5) is 25.9. The van der Waals surface area contributed by atoms with Crippen molar-refractivity contribution in [3.63, 3.8) is 0 Å². The first-order valence-corrected chi connectivity index (χ1v) is 8.87. The summed E-state index contributed by atoms with van der Waals surface area (Å²) in [5.41, 5.74) is 6.71. The van der Waals surface area contributed by atoms with Gasteiger partial charge in [0.25, 0.3) is 5.91 Å². The van der Waals surface area contributed by atoms with E-state index in [9.17, 15) is 9.59 Å². The summed E-state index contributed by atoms with van der Waals surface area (Å²) in [6, 6.07) is 14.7. The van der Waals surface area contributed by atoms with Crippen LogP contribution >= 0.6 is 0 Å². The molecule has 0 aliphatic carbocycles. The van der Waals surface area contributed by atoms with Gasteiger partial charge in [-0.3, -0.25) is 9.59 Å². The highest BCUT2D eigenvalue weighted by atomic mass is 16.5. The van der Waals surface area contributed by atoms with E-state index in [4.69, 9.17) is 15.2 Å². The number of rotatable bonds is 9. The molecule has 0 bridgehead atoms. The maximum Gasteiger partial charge on any atom is 0.254 e. The van der Waals surface area contributed by atoms with Crippen molar-refractivity contribution in [1.82, 2.24) is 4.90 Å². The van der Waals surface area contributed by atoms with Gasteiger partial charge in [0.05, 0.1) is 13.2 Å². The van der Waals surface area contributed by atoms with Crippen molar-refractivity contribution in [2.24, 2.45) is 5.73 Å². The first kappa shape index (κ1) is 20.3. The van der Waals surface area contributed by atoms with Gasteiger partial charge in [-0.15, -0.1) is 0 Å². The summed E-state index contributed by atoms with van der Waals surface area (Å²) < 4.78 is 11.1. The Morgan fingerprint density at radius 3 is 2.37 bits per heavy atom. The minimum Gasteiger partial charge on any atom is -0.493 e. The number of hydrogen-bond acceptors (Lipinski definition) is 4. The smallest absolute Gasteiger partial charge is 0.254 e. The molecular weight excluding hydrogens is 344 g/mol. The second kappa shape index (κ2) is 9.62. The van der Waals surface area contributed by atoms with Crippen LogP contribution in [0.1, 0.15) is 36.2 Å². The Bertz CT molecular complexity index is 775. The van der Waals surface area contributed by atoms with Crippen molar-refractivity contribution in [3.05, 3.63) is 59.7 Å². The van der Waals surface area contributed by atoms with Crippen LogP contribution in [0, 0.1) is 0 Å². The number of benzene rings is 2. The lowest BCUT2D eigenvalue weighted by Crippen LogP contribution is -2.33. The lowest BCUT2D eigenvalue weighted by Gasteiger charge is -2.23. The van der Waals surface area contributed by atoms with Crippen LogP contribution in [0.25, 0.3) is 0 Å². The molecule has 0 radical (unpaired) electrons. The second-order valence-corrected chi connectivity index (χ2v) is 6.46. The standard InChI is InChI=1S/C21H26N2O4/c1-15(2)27-18-10-9-17(13-19(18)26-3)21(25)23(12-11-20(22)24)14-16-7-5-4-6-8-16/h4-10,13,15H,11-12,14H2,1-3H3,(H2,22,24). The molecular formula is C21H26N2O4. The zero-order chi connectivity index (χ0) is 19.8. The van der Waals surface area contributed by atoms with Crippen LogP contribution in [0.4, 0.5) is 0 Å². The topological polar surface area (TPSA) is 81.9 Å². The molecule has 0 spiro atoms. The second-order valence-electron chi connectivity index (χ2n) is 6.46. The first-order valence-electron chi connectivity index (χ1n) is 8.87. The average molecular weight is 370 g/mol. The molecule has 144 valence electrons. The fourth-order valence-electron chi connectivity index (χ4n) is 2.64. The summed E-state index contributed by atoms with van der Waals surface area (Å²) in [5, 5.41) is 0. The lowest BCUT2D eigenvalue weighted by atomic mass is 10.1. The van der Waals surface area contributed by atoms with Gasteiger partial charge < -0.3 is 20.1 Å². The molecule has 0 saturated heterocycles. The highest BCUT2D eigenvalue weighted by Gasteiger charge is 2.19. The van der Waals surface area contributed by atoms with Crippen molar-refractivity contribution >= 4 is 11.8 Å². The Hall–Kier alpha value is -3.02. The zero-order valence-corrected chi connectivity index (χ0v) is 16.0. The molecule has 0 unspecified atom stereocenters. The Morgan fingerprint density at radius 1 is 1.07 bits per heavy atom. The third-order valence-corrected chi connectivity index (χ3v) is 3.90. The van der Waals surface area contributed by atoms with E-state index in [1.165, 1.54) is 7.11 Å². The third-order valence-electron chi connectivity index (χ3n) is 3.90. The summed E-state index contributed by atoms with van der Waals surface area (Å²) in [7, 11) is 1.53. The van der Waals surface area contributed by atoms with Gasteiger partial charge in [-0.1, -0.05) is 30.3 Å². The van der Waals surface area contributed by atoms with Gasteiger partial charge in [0, 0.05) is 25.1 Å². The monoisotopic (exact) mass is 370 g/mol. The molecule has 0 saturated carbocycles. The minimum atomic E-state index is -0.445. The van der Waals surface area contributed by atoms with Crippen molar-refractivity contribution in [2.75, 3.05) is 13.7 Å². The first-order chi connectivity index (χ1) is 12.9. The number of ether oxygens (including phenoxy) is 2. The van der Waals surface area contributed by atoms with E-state index in [0.717, 1.165) is 5.56 Å². The van der Waals surface area contributed by atoms with Crippen molar-refractivity contribution < 1.29 is 19.1 Å². The SMILES string of the molecule is COc1cc(C(=O)N(CCC(N)=O)Cc2ccccc2)ccc1OC(C)C. The fourth-order valence-corrected chi connectivity index (χ4v) is 2.64. The van der Waals surface area contributed by atoms with Gasteiger partial charge in [-0.2, -0.15) is 0 Å². The molecule has 0 heterocycles. The molecule has 6 nitrogen and oxygen atoms in total. The molecule has 2 N–H and O–H groups in total. The van der Waals surface area contributed by atoms with E-state index >= 15 is 0 Å². The van der Waals surface area contributed by atoms with Crippen LogP contribution in [-0.2, 0) is 11.3 Å². The summed E-state index contributed by atoms with van der Waals surface area (Å²) in [6.07, 6.45) is 0.0927. The van der Waals surface area contributed by atoms with Gasteiger partial charge in [-0.25, -0.2) is 0 Å². The molecule has 27 heavy (non-hydrogen) atoms. The molecule has 2 amide bonds. The van der Waals surface area contributed by atoms with Crippen LogP contribution in [0.3, 0.4) is 0 Å². The van der Waals surface area contributed by atoms with Gasteiger partial charge >= 0.3 is 0 Å². The highest BCUT2D eigenvalue weighted by molar-refractivity contribution is 5.95. The van der Waals surface area contributed by atoms with Crippen LogP contribution in [-0.4, -0.2) is 36.5 Å². The van der Waals surface area contributed by atoms with E-state index in [2.05, 4.69) is 0 Å². The molecule has 0 fully saturated rings. The molecule has 0 atom stereocenters. The van der Waals surface area contributed by atoms with E-state index in [-0.39, 0.29) is 25.0 Å². The maximum atomic E-state index is 13.0. The summed E-state index contributed by atoms with van der Waals surface area (Å²) in [5.74, 6) is 0.425. The van der Waals surface area contributed by atoms with Gasteiger partial charge in [0.15, 0.2) is 11.5 Å². The van der Waals surface area contributed by atoms with Crippen molar-refractivity contribution in [2.45, 2.75) is 32.9 Å². The van der Waals surface area contributed by atoms with Crippen molar-refractivity contribution in [1.29, 1.82) is 0 Å². The number of carbonyl (C=O) groups is 2. The third kappa shape index (κ3) is 6.02. The molecule has 6 heteroatoms. The van der Waals surface area contributed by atoms with E-state index in [1.807, 2.05) is 44.2 Å². The minimum absolute atomic E-state index is 0.00871. The van der Waals surface area contributed by atoms with Crippen LogP contribution in [0.15, 0.2) is 48.5 Å². The molecule has 2 aromatic carbocycles. The van der Waals surface area contributed by atoms with Crippen LogP contribution < -0.4 is 15.2 Å². The van der Waals surface area contributed by atoms with Crippen LogP contribution in [0.5, 0.6) is 11.5 Å².